The number of methoxy groups -OCH3 is 1. The maximum atomic E-state index is 13.9. The normalized spacial score (nSPS) is 20.8. The smallest absolute Gasteiger partial charge is 0.241 e. The van der Waals surface area contributed by atoms with Crippen molar-refractivity contribution in [2.75, 3.05) is 13.7 Å². The van der Waals surface area contributed by atoms with Gasteiger partial charge in [0.05, 0.1) is 31.9 Å². The molecule has 7 heteroatoms. The number of nitrogens with zero attached hydrogens (tertiary/aromatic N) is 2. The molecule has 1 unspecified atom stereocenters. The van der Waals surface area contributed by atoms with E-state index in [9.17, 15) is 14.4 Å². The molecule has 172 valence electrons. The molecule has 1 aromatic carbocycles. The molecule has 0 bridgehead atoms. The van der Waals surface area contributed by atoms with Crippen molar-refractivity contribution >= 4 is 17.7 Å². The summed E-state index contributed by atoms with van der Waals surface area (Å²) in [6.45, 7) is 0.265. The summed E-state index contributed by atoms with van der Waals surface area (Å²) >= 11 is 0. The third kappa shape index (κ3) is 4.38. The largest absolute Gasteiger partial charge is 0.497 e. The molecule has 33 heavy (non-hydrogen) atoms. The molecular formula is C26H28N2O5. The van der Waals surface area contributed by atoms with E-state index in [2.05, 4.69) is 5.92 Å². The van der Waals surface area contributed by atoms with Gasteiger partial charge in [0.1, 0.15) is 11.5 Å². The molecule has 4 rings (SSSR count). The Labute approximate surface area is 193 Å². The second-order valence-corrected chi connectivity index (χ2v) is 8.71. The first-order valence-electron chi connectivity index (χ1n) is 11.2. The van der Waals surface area contributed by atoms with E-state index in [1.54, 1.807) is 43.5 Å². The lowest BCUT2D eigenvalue weighted by molar-refractivity contribution is -0.144. The van der Waals surface area contributed by atoms with Crippen molar-refractivity contribution < 1.29 is 23.5 Å². The van der Waals surface area contributed by atoms with Crippen LogP contribution in [0.2, 0.25) is 0 Å². The molecule has 1 saturated heterocycles. The highest BCUT2D eigenvalue weighted by atomic mass is 16.5. The van der Waals surface area contributed by atoms with Crippen molar-refractivity contribution in [3.05, 3.63) is 54.0 Å². The summed E-state index contributed by atoms with van der Waals surface area (Å²) in [5.41, 5.74) is -0.686. The summed E-state index contributed by atoms with van der Waals surface area (Å²) in [5, 5.41) is 0. The van der Waals surface area contributed by atoms with Gasteiger partial charge in [-0.05, 0) is 42.7 Å². The minimum Gasteiger partial charge on any atom is -0.497 e. The van der Waals surface area contributed by atoms with E-state index in [4.69, 9.17) is 15.6 Å². The zero-order valence-corrected chi connectivity index (χ0v) is 18.8. The van der Waals surface area contributed by atoms with Crippen molar-refractivity contribution in [3.63, 3.8) is 0 Å². The van der Waals surface area contributed by atoms with E-state index in [-0.39, 0.29) is 49.7 Å². The number of likely N-dealkylation sites (tertiary alicyclic amines) is 1. The number of terminal acetylenes is 1. The van der Waals surface area contributed by atoms with Gasteiger partial charge in [-0.15, -0.1) is 6.42 Å². The van der Waals surface area contributed by atoms with E-state index >= 15 is 0 Å². The van der Waals surface area contributed by atoms with Gasteiger partial charge in [0, 0.05) is 18.9 Å². The zero-order valence-electron chi connectivity index (χ0n) is 18.8. The lowest BCUT2D eigenvalue weighted by atomic mass is 9.75. The van der Waals surface area contributed by atoms with Gasteiger partial charge >= 0.3 is 0 Å². The molecule has 1 atom stereocenters. The van der Waals surface area contributed by atoms with Gasteiger partial charge in [0.25, 0.3) is 0 Å². The summed E-state index contributed by atoms with van der Waals surface area (Å²) in [5.74, 6) is 2.83. The maximum Gasteiger partial charge on any atom is 0.241 e. The van der Waals surface area contributed by atoms with Crippen molar-refractivity contribution in [2.24, 2.45) is 0 Å². The summed E-state index contributed by atoms with van der Waals surface area (Å²) < 4.78 is 10.8. The summed E-state index contributed by atoms with van der Waals surface area (Å²) in [7, 11) is 1.54. The Morgan fingerprint density at radius 2 is 2.06 bits per heavy atom. The number of carbonyl (C=O) groups excluding carboxylic acids is 3. The van der Waals surface area contributed by atoms with Crippen LogP contribution in [0.25, 0.3) is 0 Å². The maximum absolute atomic E-state index is 13.9. The molecule has 0 radical (unpaired) electrons. The Morgan fingerprint density at radius 1 is 1.27 bits per heavy atom. The Hall–Kier alpha value is -3.53. The van der Waals surface area contributed by atoms with Gasteiger partial charge in [-0.1, -0.05) is 30.9 Å². The third-order valence-electron chi connectivity index (χ3n) is 6.68. The summed E-state index contributed by atoms with van der Waals surface area (Å²) in [4.78, 5) is 43.4. The number of imide groups is 1. The van der Waals surface area contributed by atoms with Gasteiger partial charge in [-0.25, -0.2) is 0 Å². The topological polar surface area (TPSA) is 80.1 Å². The molecule has 1 aliphatic carbocycles. The van der Waals surface area contributed by atoms with E-state index in [0.29, 0.717) is 17.1 Å². The van der Waals surface area contributed by atoms with Gasteiger partial charge in [0.2, 0.25) is 17.7 Å². The van der Waals surface area contributed by atoms with Crippen molar-refractivity contribution in [1.29, 1.82) is 0 Å². The molecule has 1 saturated carbocycles. The van der Waals surface area contributed by atoms with Gasteiger partial charge in [-0.3, -0.25) is 19.3 Å². The van der Waals surface area contributed by atoms with Crippen LogP contribution in [0.3, 0.4) is 0 Å². The Morgan fingerprint density at radius 3 is 2.73 bits per heavy atom. The van der Waals surface area contributed by atoms with Crippen molar-refractivity contribution in [1.82, 2.24) is 9.80 Å². The summed E-state index contributed by atoms with van der Waals surface area (Å²) in [6, 6.07) is 10.5. The fourth-order valence-electron chi connectivity index (χ4n) is 4.98. The number of hydrogen-bond donors (Lipinski definition) is 0. The lowest BCUT2D eigenvalue weighted by Crippen LogP contribution is -2.46. The monoisotopic (exact) mass is 448 g/mol. The molecule has 3 amide bonds. The number of amides is 3. The first-order valence-corrected chi connectivity index (χ1v) is 11.2. The van der Waals surface area contributed by atoms with Crippen LogP contribution in [0.1, 0.15) is 49.8 Å². The molecule has 2 fully saturated rings. The number of carbonyl (C=O) groups is 3. The van der Waals surface area contributed by atoms with Gasteiger partial charge in [-0.2, -0.15) is 0 Å². The first-order chi connectivity index (χ1) is 16.0. The van der Waals surface area contributed by atoms with E-state index < -0.39 is 5.41 Å². The molecule has 2 heterocycles. The number of rotatable bonds is 8. The third-order valence-corrected chi connectivity index (χ3v) is 6.68. The Kier molecular flexibility index (Phi) is 6.55. The van der Waals surface area contributed by atoms with Crippen molar-refractivity contribution in [2.45, 2.75) is 56.5 Å². The van der Waals surface area contributed by atoms with Crippen LogP contribution in [-0.2, 0) is 26.3 Å². The fourth-order valence-corrected chi connectivity index (χ4v) is 4.98. The predicted molar refractivity (Wildman–Crippen MR) is 121 cm³/mol. The molecule has 0 N–H and O–H groups in total. The van der Waals surface area contributed by atoms with Gasteiger partial charge in [0.15, 0.2) is 0 Å². The second kappa shape index (κ2) is 9.53. The second-order valence-electron chi connectivity index (χ2n) is 8.71. The SMILES string of the molecule is C#CCN(Cc1ccco1)C(=O)CC1(c2cccc(OC)c2)CC(=O)N(C2CCCC2)C1=O. The number of furan rings is 1. The van der Waals surface area contributed by atoms with Crippen LogP contribution >= 0.6 is 0 Å². The first kappa shape index (κ1) is 22.7. The molecule has 0 spiro atoms. The molecule has 2 aliphatic rings. The van der Waals surface area contributed by atoms with E-state index in [1.807, 2.05) is 0 Å². The van der Waals surface area contributed by atoms with Crippen LogP contribution in [0.5, 0.6) is 5.75 Å². The highest BCUT2D eigenvalue weighted by molar-refractivity contribution is 6.11. The Balaban J connectivity index is 1.70. The van der Waals surface area contributed by atoms with Crippen LogP contribution in [0.4, 0.5) is 0 Å². The molecule has 7 nitrogen and oxygen atoms in total. The van der Waals surface area contributed by atoms with E-state index in [0.717, 1.165) is 25.7 Å². The van der Waals surface area contributed by atoms with Crippen LogP contribution in [0, 0.1) is 12.3 Å². The Bertz CT molecular complexity index is 1060. The summed E-state index contributed by atoms with van der Waals surface area (Å²) in [6.07, 6.45) is 10.4. The van der Waals surface area contributed by atoms with Crippen LogP contribution in [0.15, 0.2) is 47.1 Å². The molecular weight excluding hydrogens is 420 g/mol. The average Bonchev–Trinajstić information content (AvgIpc) is 3.56. The quantitative estimate of drug-likeness (QED) is 0.457. The minimum absolute atomic E-state index is 0.0497. The van der Waals surface area contributed by atoms with Crippen molar-refractivity contribution in [3.8, 4) is 18.1 Å². The fraction of sp³-hybridized carbons (Fsp3) is 0.423. The lowest BCUT2D eigenvalue weighted by Gasteiger charge is -2.31. The highest BCUT2D eigenvalue weighted by Gasteiger charge is 2.56. The zero-order chi connectivity index (χ0) is 23.4. The molecule has 1 aliphatic heterocycles. The van der Waals surface area contributed by atoms with E-state index in [1.165, 1.54) is 16.1 Å². The predicted octanol–water partition coefficient (Wildman–Crippen LogP) is 3.28. The molecule has 1 aromatic heterocycles. The van der Waals surface area contributed by atoms with Crippen LogP contribution in [-0.4, -0.2) is 47.2 Å². The minimum atomic E-state index is -1.29. The number of benzene rings is 1. The van der Waals surface area contributed by atoms with Gasteiger partial charge < -0.3 is 14.1 Å². The molecule has 2 aromatic rings. The number of ether oxygens (including phenoxy) is 1. The standard InChI is InChI=1S/C26H28N2O5/c1-3-13-27(18-22-12-7-14-33-22)23(29)16-26(19-8-6-11-21(15-19)32-2)17-24(30)28(25(26)31)20-9-4-5-10-20/h1,6-8,11-12,14-15,20H,4-5,9-10,13,16-18H2,2H3. The number of hydrogen-bond acceptors (Lipinski definition) is 5. The average molecular weight is 449 g/mol. The highest BCUT2D eigenvalue weighted by Crippen LogP contribution is 2.44. The van der Waals surface area contributed by atoms with Crippen LogP contribution < -0.4 is 4.74 Å².